The van der Waals surface area contributed by atoms with Gasteiger partial charge in [0.1, 0.15) is 12.1 Å². The maximum Gasteiger partial charge on any atom is 0.328 e. The lowest BCUT2D eigenvalue weighted by Crippen LogP contribution is -2.53. The highest BCUT2D eigenvalue weighted by Gasteiger charge is 2.43. The number of amides is 1. The number of methoxy groups -OCH3 is 3. The number of carbonyl (C=O) groups excluding carboxylic acids is 4. The maximum atomic E-state index is 12.2. The molecule has 1 amide bonds. The van der Waals surface area contributed by atoms with E-state index in [0.29, 0.717) is 13.0 Å². The Labute approximate surface area is 139 Å². The smallest absolute Gasteiger partial charge is 0.328 e. The predicted molar refractivity (Wildman–Crippen MR) is 79.6 cm³/mol. The second-order valence-corrected chi connectivity index (χ2v) is 5.39. The number of esters is 3. The van der Waals surface area contributed by atoms with Crippen LogP contribution in [0.3, 0.4) is 0 Å². The van der Waals surface area contributed by atoms with E-state index in [9.17, 15) is 19.2 Å². The van der Waals surface area contributed by atoms with E-state index in [1.807, 2.05) is 0 Å². The lowest BCUT2D eigenvalue weighted by molar-refractivity contribution is -0.163. The third-order valence-corrected chi connectivity index (χ3v) is 3.94. The van der Waals surface area contributed by atoms with Crippen molar-refractivity contribution in [3.63, 3.8) is 0 Å². The molecule has 0 radical (unpaired) electrons. The molecule has 9 heteroatoms. The van der Waals surface area contributed by atoms with Gasteiger partial charge in [-0.3, -0.25) is 14.4 Å². The molecular formula is C15H23NO8. The van der Waals surface area contributed by atoms with Gasteiger partial charge >= 0.3 is 17.9 Å². The number of ether oxygens (including phenoxy) is 4. The molecule has 1 rings (SSSR count). The molecule has 0 aromatic carbocycles. The first kappa shape index (κ1) is 19.9. The molecule has 1 aliphatic heterocycles. The van der Waals surface area contributed by atoms with Crippen LogP contribution in [0.2, 0.25) is 0 Å². The predicted octanol–water partition coefficient (Wildman–Crippen LogP) is -0.578. The third-order valence-electron chi connectivity index (χ3n) is 3.94. The third kappa shape index (κ3) is 4.67. The zero-order valence-corrected chi connectivity index (χ0v) is 14.2. The van der Waals surface area contributed by atoms with Gasteiger partial charge in [-0.05, 0) is 12.8 Å². The topological polar surface area (TPSA) is 117 Å². The van der Waals surface area contributed by atoms with Gasteiger partial charge in [-0.1, -0.05) is 6.92 Å². The SMILES string of the molecule is COC(=O)C(C(=O)OC)[C@H](C)[C@H](NC(=O)[C@@H]1CCCO1)C(=O)OC. The molecule has 0 aromatic rings. The first-order chi connectivity index (χ1) is 11.4. The van der Waals surface area contributed by atoms with Crippen molar-refractivity contribution < 1.29 is 38.1 Å². The van der Waals surface area contributed by atoms with Crippen LogP contribution in [0.25, 0.3) is 0 Å². The summed E-state index contributed by atoms with van der Waals surface area (Å²) in [5.41, 5.74) is 0. The minimum absolute atomic E-state index is 0.462. The molecule has 9 nitrogen and oxygen atoms in total. The van der Waals surface area contributed by atoms with Crippen molar-refractivity contribution in [2.24, 2.45) is 11.8 Å². The van der Waals surface area contributed by atoms with Crippen LogP contribution in [0.15, 0.2) is 0 Å². The fourth-order valence-electron chi connectivity index (χ4n) is 2.53. The largest absolute Gasteiger partial charge is 0.468 e. The van der Waals surface area contributed by atoms with Crippen LogP contribution in [0.1, 0.15) is 19.8 Å². The maximum absolute atomic E-state index is 12.2. The number of nitrogens with one attached hydrogen (secondary N) is 1. The van der Waals surface area contributed by atoms with E-state index >= 15 is 0 Å². The van der Waals surface area contributed by atoms with E-state index in [-0.39, 0.29) is 0 Å². The minimum atomic E-state index is -1.38. The standard InChI is InChI=1S/C15H23NO8/c1-8(10(13(18)21-2)14(19)22-3)11(15(20)23-4)16-12(17)9-6-5-7-24-9/h8-11H,5-7H2,1-4H3,(H,16,17)/t8-,9-,11-/m0/s1. The average Bonchev–Trinajstić information content (AvgIpc) is 3.12. The van der Waals surface area contributed by atoms with Crippen molar-refractivity contribution in [1.82, 2.24) is 5.32 Å². The molecule has 1 fully saturated rings. The molecule has 3 atom stereocenters. The van der Waals surface area contributed by atoms with Crippen molar-refractivity contribution in [3.05, 3.63) is 0 Å². The molecule has 0 aliphatic carbocycles. The van der Waals surface area contributed by atoms with Crippen molar-refractivity contribution >= 4 is 23.8 Å². The second-order valence-electron chi connectivity index (χ2n) is 5.39. The van der Waals surface area contributed by atoms with Crippen LogP contribution in [0.4, 0.5) is 0 Å². The molecule has 24 heavy (non-hydrogen) atoms. The van der Waals surface area contributed by atoms with E-state index in [1.54, 1.807) is 0 Å². The highest BCUT2D eigenvalue weighted by atomic mass is 16.5. The van der Waals surface area contributed by atoms with Gasteiger partial charge in [0.15, 0.2) is 5.92 Å². The van der Waals surface area contributed by atoms with Crippen LogP contribution < -0.4 is 5.32 Å². The fraction of sp³-hybridized carbons (Fsp3) is 0.733. The second kappa shape index (κ2) is 9.21. The first-order valence-electron chi connectivity index (χ1n) is 7.52. The van der Waals surface area contributed by atoms with Crippen LogP contribution in [-0.4, -0.2) is 63.9 Å². The van der Waals surface area contributed by atoms with Crippen molar-refractivity contribution in [3.8, 4) is 0 Å². The molecule has 1 N–H and O–H groups in total. The van der Waals surface area contributed by atoms with Gasteiger partial charge in [-0.2, -0.15) is 0 Å². The molecular weight excluding hydrogens is 322 g/mol. The Bertz CT molecular complexity index is 470. The zero-order chi connectivity index (χ0) is 18.3. The summed E-state index contributed by atoms with van der Waals surface area (Å²) >= 11 is 0. The van der Waals surface area contributed by atoms with Crippen molar-refractivity contribution in [1.29, 1.82) is 0 Å². The quantitative estimate of drug-likeness (QED) is 0.370. The number of rotatable bonds is 7. The summed E-state index contributed by atoms with van der Waals surface area (Å²) < 4.78 is 19.1. The van der Waals surface area contributed by atoms with Gasteiger partial charge in [-0.25, -0.2) is 4.79 Å². The van der Waals surface area contributed by atoms with Gasteiger partial charge in [0.25, 0.3) is 0 Å². The van der Waals surface area contributed by atoms with Gasteiger partial charge in [0.05, 0.1) is 21.3 Å². The molecule has 0 aromatic heterocycles. The highest BCUT2D eigenvalue weighted by Crippen LogP contribution is 2.21. The van der Waals surface area contributed by atoms with Gasteiger partial charge < -0.3 is 24.3 Å². The van der Waals surface area contributed by atoms with Gasteiger partial charge in [0, 0.05) is 12.5 Å². The summed E-state index contributed by atoms with van der Waals surface area (Å²) in [6, 6.07) is -1.23. The number of carbonyl (C=O) groups is 4. The van der Waals surface area contributed by atoms with Gasteiger partial charge in [-0.15, -0.1) is 0 Å². The zero-order valence-electron chi connectivity index (χ0n) is 14.2. The molecule has 1 heterocycles. The molecule has 0 bridgehead atoms. The Kier molecular flexibility index (Phi) is 7.63. The van der Waals surface area contributed by atoms with E-state index in [4.69, 9.17) is 4.74 Å². The van der Waals surface area contributed by atoms with Crippen LogP contribution in [0, 0.1) is 11.8 Å². The lowest BCUT2D eigenvalue weighted by atomic mass is 9.87. The van der Waals surface area contributed by atoms with E-state index in [2.05, 4.69) is 19.5 Å². The van der Waals surface area contributed by atoms with Crippen molar-refractivity contribution in [2.45, 2.75) is 31.9 Å². The monoisotopic (exact) mass is 345 g/mol. The van der Waals surface area contributed by atoms with E-state index < -0.39 is 47.8 Å². The van der Waals surface area contributed by atoms with E-state index in [1.165, 1.54) is 6.92 Å². The Hall–Kier alpha value is -2.16. The minimum Gasteiger partial charge on any atom is -0.468 e. The van der Waals surface area contributed by atoms with Crippen molar-refractivity contribution in [2.75, 3.05) is 27.9 Å². The average molecular weight is 345 g/mol. The fourth-order valence-corrected chi connectivity index (χ4v) is 2.53. The lowest BCUT2D eigenvalue weighted by Gasteiger charge is -2.27. The number of hydrogen-bond donors (Lipinski definition) is 1. The Morgan fingerprint density at radius 3 is 1.96 bits per heavy atom. The molecule has 0 spiro atoms. The molecule has 0 unspecified atom stereocenters. The van der Waals surface area contributed by atoms with Crippen LogP contribution >= 0.6 is 0 Å². The van der Waals surface area contributed by atoms with Crippen LogP contribution in [0.5, 0.6) is 0 Å². The summed E-state index contributed by atoms with van der Waals surface area (Å²) in [6.07, 6.45) is 0.605. The molecule has 0 saturated carbocycles. The van der Waals surface area contributed by atoms with E-state index in [0.717, 1.165) is 27.8 Å². The number of hydrogen-bond acceptors (Lipinski definition) is 8. The summed E-state index contributed by atoms with van der Waals surface area (Å²) in [5, 5.41) is 2.49. The Morgan fingerprint density at radius 2 is 1.54 bits per heavy atom. The first-order valence-corrected chi connectivity index (χ1v) is 7.52. The van der Waals surface area contributed by atoms with Gasteiger partial charge in [0.2, 0.25) is 5.91 Å². The highest BCUT2D eigenvalue weighted by molar-refractivity contribution is 5.96. The molecule has 1 aliphatic rings. The summed E-state index contributed by atoms with van der Waals surface area (Å²) in [5.74, 6) is -5.34. The normalized spacial score (nSPS) is 19.3. The summed E-state index contributed by atoms with van der Waals surface area (Å²) in [4.78, 5) is 48.1. The Morgan fingerprint density at radius 1 is 1.00 bits per heavy atom. The summed E-state index contributed by atoms with van der Waals surface area (Å²) in [7, 11) is 3.37. The van der Waals surface area contributed by atoms with Crippen LogP contribution in [-0.2, 0) is 38.1 Å². The Balaban J connectivity index is 2.98. The summed E-state index contributed by atoms with van der Waals surface area (Å²) in [6.45, 7) is 1.92. The molecule has 136 valence electrons. The molecule has 1 saturated heterocycles.